The van der Waals surface area contributed by atoms with Gasteiger partial charge in [-0.2, -0.15) is 0 Å². The molecule has 1 fully saturated rings. The van der Waals surface area contributed by atoms with E-state index in [1.54, 1.807) is 36.4 Å². The van der Waals surface area contributed by atoms with E-state index in [2.05, 4.69) is 5.32 Å². The van der Waals surface area contributed by atoms with Crippen molar-refractivity contribution in [1.29, 1.82) is 0 Å². The number of aryl methyl sites for hydroxylation is 1. The van der Waals surface area contributed by atoms with Gasteiger partial charge in [0.25, 0.3) is 17.5 Å². The molecular weight excluding hydrogens is 512 g/mol. The predicted molar refractivity (Wildman–Crippen MR) is 147 cm³/mol. The molecule has 1 N–H and O–H groups in total. The summed E-state index contributed by atoms with van der Waals surface area (Å²) in [6.07, 6.45) is 3.40. The Morgan fingerprint density at radius 3 is 2.51 bits per heavy atom. The number of nitrogens with zero attached hydrogens (tertiary/aromatic N) is 3. The average Bonchev–Trinajstić information content (AvgIpc) is 3.21. The Labute approximate surface area is 221 Å². The number of nitro benzene ring substituents is 1. The van der Waals surface area contributed by atoms with Gasteiger partial charge in [0.1, 0.15) is 5.57 Å². The van der Waals surface area contributed by atoms with Crippen molar-refractivity contribution in [2.75, 3.05) is 4.90 Å². The number of fused-ring (bicyclic) bond motifs is 1. The van der Waals surface area contributed by atoms with Crippen molar-refractivity contribution >= 4 is 69.1 Å². The number of halogens is 1. The van der Waals surface area contributed by atoms with Crippen molar-refractivity contribution in [2.24, 2.45) is 0 Å². The van der Waals surface area contributed by atoms with Crippen molar-refractivity contribution in [1.82, 2.24) is 9.88 Å². The molecule has 0 atom stereocenters. The largest absolute Gasteiger partial charge is 0.342 e. The van der Waals surface area contributed by atoms with Gasteiger partial charge < -0.3 is 4.57 Å². The van der Waals surface area contributed by atoms with E-state index in [4.69, 9.17) is 23.8 Å². The second-order valence-corrected chi connectivity index (χ2v) is 9.34. The number of benzene rings is 3. The standard InChI is InChI=1S/C27H19ClN4O4S/c1-16-6-9-20(13-23(16)28)31-26(34)22(25(33)29-27(31)37)12-18-15-30(24-5-3-2-4-21(18)24)14-17-7-10-19(11-8-17)32(35)36/h2-13,15H,14H2,1H3,(H,29,33,37)/b22-12+. The number of thiocarbonyl (C=S) groups is 1. The quantitative estimate of drug-likeness (QED) is 0.123. The zero-order valence-corrected chi connectivity index (χ0v) is 21.0. The topological polar surface area (TPSA) is 97.5 Å². The summed E-state index contributed by atoms with van der Waals surface area (Å²) in [5.74, 6) is -1.14. The highest BCUT2D eigenvalue weighted by Crippen LogP contribution is 2.29. The Morgan fingerprint density at radius 2 is 1.81 bits per heavy atom. The molecule has 0 unspecified atom stereocenters. The Hall–Kier alpha value is -4.34. The van der Waals surface area contributed by atoms with Crippen molar-refractivity contribution in [3.8, 4) is 0 Å². The van der Waals surface area contributed by atoms with Gasteiger partial charge in [-0.05, 0) is 54.5 Å². The second kappa shape index (κ2) is 9.61. The summed E-state index contributed by atoms with van der Waals surface area (Å²) in [7, 11) is 0. The van der Waals surface area contributed by atoms with Crippen LogP contribution in [0.1, 0.15) is 16.7 Å². The van der Waals surface area contributed by atoms with E-state index in [1.807, 2.05) is 42.0 Å². The first-order valence-electron chi connectivity index (χ1n) is 11.2. The number of carbonyl (C=O) groups is 2. The molecule has 1 aliphatic heterocycles. The molecule has 1 aromatic heterocycles. The molecule has 0 radical (unpaired) electrons. The number of rotatable bonds is 5. The SMILES string of the molecule is Cc1ccc(N2C(=O)/C(=C/c3cn(Cc4ccc([N+](=O)[O-])cc4)c4ccccc34)C(=O)NC2=S)cc1Cl. The molecule has 3 aromatic carbocycles. The van der Waals surface area contributed by atoms with Crippen LogP contribution in [0.3, 0.4) is 0 Å². The van der Waals surface area contributed by atoms with Gasteiger partial charge in [0, 0.05) is 46.4 Å². The van der Waals surface area contributed by atoms with E-state index in [1.165, 1.54) is 17.0 Å². The number of nitrogens with one attached hydrogen (secondary N) is 1. The molecule has 1 aliphatic rings. The molecular formula is C27H19ClN4O4S. The van der Waals surface area contributed by atoms with Crippen LogP contribution in [0.15, 0.2) is 78.5 Å². The normalized spacial score (nSPS) is 14.9. The van der Waals surface area contributed by atoms with Crippen LogP contribution in [0.4, 0.5) is 11.4 Å². The van der Waals surface area contributed by atoms with E-state index >= 15 is 0 Å². The minimum absolute atomic E-state index is 0.0192. The smallest absolute Gasteiger partial charge is 0.270 e. The molecule has 2 amide bonds. The Morgan fingerprint density at radius 1 is 1.08 bits per heavy atom. The maximum atomic E-state index is 13.5. The zero-order valence-electron chi connectivity index (χ0n) is 19.5. The van der Waals surface area contributed by atoms with Crippen LogP contribution >= 0.6 is 23.8 Å². The lowest BCUT2D eigenvalue weighted by Crippen LogP contribution is -2.54. The molecule has 1 saturated heterocycles. The molecule has 0 bridgehead atoms. The first kappa shape index (κ1) is 24.4. The van der Waals surface area contributed by atoms with E-state index in [0.29, 0.717) is 22.8 Å². The molecule has 0 spiro atoms. The Balaban J connectivity index is 1.54. The number of anilines is 1. The lowest BCUT2D eigenvalue weighted by molar-refractivity contribution is -0.384. The Bertz CT molecular complexity index is 1640. The fourth-order valence-corrected chi connectivity index (χ4v) is 4.66. The molecule has 4 aromatic rings. The monoisotopic (exact) mass is 530 g/mol. The van der Waals surface area contributed by atoms with Gasteiger partial charge in [-0.15, -0.1) is 0 Å². The highest BCUT2D eigenvalue weighted by Gasteiger charge is 2.35. The van der Waals surface area contributed by atoms with Crippen molar-refractivity contribution in [3.05, 3.63) is 110 Å². The molecule has 0 saturated carbocycles. The number of amides is 2. The van der Waals surface area contributed by atoms with Gasteiger partial charge in [-0.3, -0.25) is 29.9 Å². The summed E-state index contributed by atoms with van der Waals surface area (Å²) in [6, 6.07) is 19.1. The highest BCUT2D eigenvalue weighted by molar-refractivity contribution is 7.80. The van der Waals surface area contributed by atoms with Gasteiger partial charge >= 0.3 is 0 Å². The van der Waals surface area contributed by atoms with Gasteiger partial charge in [-0.25, -0.2) is 0 Å². The van der Waals surface area contributed by atoms with Gasteiger partial charge in [-0.1, -0.05) is 48.0 Å². The summed E-state index contributed by atoms with van der Waals surface area (Å²) in [6.45, 7) is 2.29. The van der Waals surface area contributed by atoms with Crippen LogP contribution < -0.4 is 10.2 Å². The summed E-state index contributed by atoms with van der Waals surface area (Å²) in [5, 5.41) is 14.9. The van der Waals surface area contributed by atoms with E-state index in [-0.39, 0.29) is 16.4 Å². The van der Waals surface area contributed by atoms with E-state index in [0.717, 1.165) is 22.0 Å². The third-order valence-electron chi connectivity index (χ3n) is 6.13. The van der Waals surface area contributed by atoms with Gasteiger partial charge in [0.15, 0.2) is 5.11 Å². The van der Waals surface area contributed by atoms with Crippen LogP contribution in [0.2, 0.25) is 5.02 Å². The number of aromatic nitrogens is 1. The summed E-state index contributed by atoms with van der Waals surface area (Å²) < 4.78 is 1.97. The maximum absolute atomic E-state index is 13.5. The average molecular weight is 531 g/mol. The molecule has 37 heavy (non-hydrogen) atoms. The molecule has 5 rings (SSSR count). The maximum Gasteiger partial charge on any atom is 0.270 e. The first-order valence-corrected chi connectivity index (χ1v) is 12.0. The lowest BCUT2D eigenvalue weighted by atomic mass is 10.1. The fourth-order valence-electron chi connectivity index (χ4n) is 4.21. The van der Waals surface area contributed by atoms with Crippen LogP contribution in [0.25, 0.3) is 17.0 Å². The number of hydrogen-bond acceptors (Lipinski definition) is 5. The number of non-ortho nitro benzene ring substituents is 1. The number of nitro groups is 1. The molecule has 10 heteroatoms. The summed E-state index contributed by atoms with van der Waals surface area (Å²) in [5.41, 5.74) is 3.68. The van der Waals surface area contributed by atoms with Crippen molar-refractivity contribution in [2.45, 2.75) is 13.5 Å². The van der Waals surface area contributed by atoms with E-state index in [9.17, 15) is 19.7 Å². The third-order valence-corrected chi connectivity index (χ3v) is 6.83. The highest BCUT2D eigenvalue weighted by atomic mass is 35.5. The zero-order chi connectivity index (χ0) is 26.3. The number of para-hydroxylation sites is 1. The molecule has 184 valence electrons. The van der Waals surface area contributed by atoms with Crippen LogP contribution in [-0.2, 0) is 16.1 Å². The lowest BCUT2D eigenvalue weighted by Gasteiger charge is -2.29. The molecule has 2 heterocycles. The second-order valence-electron chi connectivity index (χ2n) is 8.54. The van der Waals surface area contributed by atoms with Crippen molar-refractivity contribution in [3.63, 3.8) is 0 Å². The van der Waals surface area contributed by atoms with Crippen LogP contribution in [0, 0.1) is 17.0 Å². The number of hydrogen-bond donors (Lipinski definition) is 1. The first-order chi connectivity index (χ1) is 17.7. The van der Waals surface area contributed by atoms with Crippen LogP contribution in [-0.4, -0.2) is 26.4 Å². The summed E-state index contributed by atoms with van der Waals surface area (Å²) in [4.78, 5) is 38.1. The molecule has 0 aliphatic carbocycles. The minimum Gasteiger partial charge on any atom is -0.342 e. The van der Waals surface area contributed by atoms with Crippen LogP contribution in [0.5, 0.6) is 0 Å². The van der Waals surface area contributed by atoms with E-state index < -0.39 is 16.7 Å². The predicted octanol–water partition coefficient (Wildman–Crippen LogP) is 5.39. The number of carbonyl (C=O) groups excluding carboxylic acids is 2. The minimum atomic E-state index is -0.586. The molecule has 8 nitrogen and oxygen atoms in total. The third kappa shape index (κ3) is 4.62. The Kier molecular flexibility index (Phi) is 6.32. The van der Waals surface area contributed by atoms with Gasteiger partial charge in [0.2, 0.25) is 0 Å². The van der Waals surface area contributed by atoms with Gasteiger partial charge in [0.05, 0.1) is 10.6 Å². The fraction of sp³-hybridized carbons (Fsp3) is 0.0741. The van der Waals surface area contributed by atoms with Crippen molar-refractivity contribution < 1.29 is 14.5 Å². The summed E-state index contributed by atoms with van der Waals surface area (Å²) >= 11 is 11.6.